The van der Waals surface area contributed by atoms with Gasteiger partial charge in [0.25, 0.3) is 0 Å². The van der Waals surface area contributed by atoms with Crippen molar-refractivity contribution in [2.45, 2.75) is 45.8 Å². The maximum atomic E-state index is 14.1. The summed E-state index contributed by atoms with van der Waals surface area (Å²) in [6.45, 7) is 10.3. The number of aromatic nitrogens is 1. The number of benzene rings is 2. The fourth-order valence-electron chi connectivity index (χ4n) is 5.11. The van der Waals surface area contributed by atoms with Crippen LogP contribution < -0.4 is 9.47 Å². The maximum Gasteiger partial charge on any atom is 0.195 e. The van der Waals surface area contributed by atoms with Gasteiger partial charge in [-0.2, -0.15) is 0 Å². The van der Waals surface area contributed by atoms with Crippen molar-refractivity contribution in [3.63, 3.8) is 0 Å². The number of rotatable bonds is 10. The summed E-state index contributed by atoms with van der Waals surface area (Å²) < 4.78 is 25.0. The minimum Gasteiger partial charge on any atom is -0.487 e. The Morgan fingerprint density at radius 2 is 1.78 bits per heavy atom. The normalized spacial score (nSPS) is 14.5. The molecule has 36 heavy (non-hydrogen) atoms. The van der Waals surface area contributed by atoms with Crippen molar-refractivity contribution in [3.05, 3.63) is 58.3 Å². The van der Waals surface area contributed by atoms with Crippen LogP contribution in [-0.4, -0.2) is 63.8 Å². The van der Waals surface area contributed by atoms with Crippen LogP contribution in [0.3, 0.4) is 0 Å². The molecule has 0 radical (unpaired) electrons. The van der Waals surface area contributed by atoms with Crippen molar-refractivity contribution in [2.75, 3.05) is 41.1 Å². The van der Waals surface area contributed by atoms with E-state index in [2.05, 4.69) is 29.5 Å². The zero-order valence-electron chi connectivity index (χ0n) is 22.3. The molecule has 1 aromatic heterocycles. The maximum absolute atomic E-state index is 14.1. The highest BCUT2D eigenvalue weighted by Crippen LogP contribution is 2.48. The van der Waals surface area contributed by atoms with Crippen molar-refractivity contribution in [1.29, 1.82) is 0 Å². The molecule has 0 fully saturated rings. The lowest BCUT2D eigenvalue weighted by molar-refractivity contribution is 0.102. The van der Waals surface area contributed by atoms with E-state index in [1.807, 2.05) is 44.3 Å². The molecule has 3 aromatic rings. The molecule has 1 aliphatic carbocycles. The number of carbonyl (C=O) groups excluding carboxylic acids is 1. The molecular formula is C29H36N2O5. The molecule has 0 N–H and O–H groups in total. The van der Waals surface area contributed by atoms with E-state index in [-0.39, 0.29) is 11.9 Å². The van der Waals surface area contributed by atoms with Crippen LogP contribution in [0.25, 0.3) is 10.9 Å². The van der Waals surface area contributed by atoms with Crippen LogP contribution in [0, 0.1) is 0 Å². The highest BCUT2D eigenvalue weighted by Gasteiger charge is 2.42. The first-order valence-corrected chi connectivity index (χ1v) is 12.3. The summed E-state index contributed by atoms with van der Waals surface area (Å²) in [7, 11) is 5.09. The minimum atomic E-state index is -0.472. The van der Waals surface area contributed by atoms with E-state index in [1.165, 1.54) is 0 Å². The van der Waals surface area contributed by atoms with Crippen LogP contribution in [0.4, 0.5) is 0 Å². The molecule has 1 heterocycles. The summed E-state index contributed by atoms with van der Waals surface area (Å²) in [6, 6.07) is 9.95. The average Bonchev–Trinajstić information content (AvgIpc) is 3.16. The number of hydrogen-bond acceptors (Lipinski definition) is 6. The Bertz CT molecular complexity index is 1300. The first kappa shape index (κ1) is 25.9. The third-order valence-corrected chi connectivity index (χ3v) is 6.61. The number of methoxy groups -OCH3 is 2. The van der Waals surface area contributed by atoms with Crippen LogP contribution in [0.15, 0.2) is 35.3 Å². The molecule has 0 unspecified atom stereocenters. The Balaban J connectivity index is 1.97. The minimum absolute atomic E-state index is 0.00514. The largest absolute Gasteiger partial charge is 0.487 e. The number of nitrogens with zero attached hydrogens (tertiary/aromatic N) is 2. The Kier molecular flexibility index (Phi) is 7.52. The van der Waals surface area contributed by atoms with Gasteiger partial charge < -0.3 is 23.5 Å². The molecule has 2 aromatic carbocycles. The summed E-state index contributed by atoms with van der Waals surface area (Å²) in [5.41, 5.74) is 4.80. The number of aliphatic imine (C=N–C) groups is 1. The van der Waals surface area contributed by atoms with Gasteiger partial charge in [-0.05, 0) is 43.2 Å². The lowest BCUT2D eigenvalue weighted by Crippen LogP contribution is -2.33. The average molecular weight is 493 g/mol. The molecule has 0 aliphatic heterocycles. The highest BCUT2D eigenvalue weighted by molar-refractivity contribution is 6.20. The Hall–Kier alpha value is -3.16. The zero-order valence-corrected chi connectivity index (χ0v) is 22.3. The third-order valence-electron chi connectivity index (χ3n) is 6.61. The number of ketones is 1. The van der Waals surface area contributed by atoms with Gasteiger partial charge in [0.05, 0.1) is 24.9 Å². The molecule has 0 saturated carbocycles. The second kappa shape index (κ2) is 10.4. The van der Waals surface area contributed by atoms with Crippen molar-refractivity contribution < 1.29 is 23.7 Å². The molecular weight excluding hydrogens is 456 g/mol. The van der Waals surface area contributed by atoms with Gasteiger partial charge in [0, 0.05) is 61.6 Å². The smallest absolute Gasteiger partial charge is 0.195 e. The topological polar surface area (TPSA) is 71.3 Å². The Morgan fingerprint density at radius 3 is 2.44 bits per heavy atom. The first-order valence-electron chi connectivity index (χ1n) is 12.3. The van der Waals surface area contributed by atoms with E-state index in [0.717, 1.165) is 33.3 Å². The van der Waals surface area contributed by atoms with Crippen molar-refractivity contribution >= 4 is 22.9 Å². The molecule has 0 saturated heterocycles. The number of ether oxygens (including phenoxy) is 4. The molecule has 7 nitrogen and oxygen atoms in total. The predicted octanol–water partition coefficient (Wildman–Crippen LogP) is 5.02. The fourth-order valence-corrected chi connectivity index (χ4v) is 5.11. The van der Waals surface area contributed by atoms with E-state index in [9.17, 15) is 4.79 Å². The summed E-state index contributed by atoms with van der Waals surface area (Å²) in [5.74, 6) is 1.18. The zero-order chi connectivity index (χ0) is 26.0. The summed E-state index contributed by atoms with van der Waals surface area (Å²) in [6.07, 6.45) is 1.76. The van der Waals surface area contributed by atoms with E-state index in [4.69, 9.17) is 18.9 Å². The summed E-state index contributed by atoms with van der Waals surface area (Å²) in [4.78, 5) is 18.3. The molecule has 4 rings (SSSR count). The van der Waals surface area contributed by atoms with Crippen molar-refractivity contribution in [1.82, 2.24) is 4.57 Å². The SMILES string of the molecule is CN=Cc1ccc2c3c(n(CCOC)c2c1)C(C)(C)c1cc(OCCOC)c(OC(C)C)cc1C3=O. The Morgan fingerprint density at radius 1 is 1.03 bits per heavy atom. The lowest BCUT2D eigenvalue weighted by atomic mass is 9.71. The van der Waals surface area contributed by atoms with Gasteiger partial charge in [-0.15, -0.1) is 0 Å². The summed E-state index contributed by atoms with van der Waals surface area (Å²) in [5, 5.41) is 0.935. The molecule has 0 bridgehead atoms. The van der Waals surface area contributed by atoms with Crippen LogP contribution in [0.1, 0.15) is 60.4 Å². The van der Waals surface area contributed by atoms with Gasteiger partial charge in [0.15, 0.2) is 17.3 Å². The highest BCUT2D eigenvalue weighted by atomic mass is 16.5. The lowest BCUT2D eigenvalue weighted by Gasteiger charge is -2.35. The fraction of sp³-hybridized carbons (Fsp3) is 0.448. The van der Waals surface area contributed by atoms with Gasteiger partial charge in [0.2, 0.25) is 0 Å². The van der Waals surface area contributed by atoms with Gasteiger partial charge in [-0.25, -0.2) is 0 Å². The number of fused-ring (bicyclic) bond motifs is 4. The molecule has 0 spiro atoms. The first-order chi connectivity index (χ1) is 17.2. The monoisotopic (exact) mass is 492 g/mol. The van der Waals surface area contributed by atoms with Gasteiger partial charge >= 0.3 is 0 Å². The van der Waals surface area contributed by atoms with E-state index < -0.39 is 5.41 Å². The van der Waals surface area contributed by atoms with Crippen molar-refractivity contribution in [3.8, 4) is 11.5 Å². The van der Waals surface area contributed by atoms with E-state index in [1.54, 1.807) is 21.3 Å². The number of hydrogen-bond donors (Lipinski definition) is 0. The van der Waals surface area contributed by atoms with Crippen LogP contribution >= 0.6 is 0 Å². The molecule has 192 valence electrons. The van der Waals surface area contributed by atoms with Gasteiger partial charge in [0.1, 0.15) is 6.61 Å². The quantitative estimate of drug-likeness (QED) is 0.294. The van der Waals surface area contributed by atoms with Crippen LogP contribution in [0.2, 0.25) is 0 Å². The van der Waals surface area contributed by atoms with Gasteiger partial charge in [-0.1, -0.05) is 26.0 Å². The molecule has 7 heteroatoms. The summed E-state index contributed by atoms with van der Waals surface area (Å²) >= 11 is 0. The van der Waals surface area contributed by atoms with Crippen LogP contribution in [-0.2, 0) is 21.4 Å². The molecule has 0 atom stereocenters. The van der Waals surface area contributed by atoms with Crippen molar-refractivity contribution in [2.24, 2.45) is 4.99 Å². The molecule has 0 amide bonds. The second-order valence-electron chi connectivity index (χ2n) is 9.84. The van der Waals surface area contributed by atoms with E-state index in [0.29, 0.717) is 43.4 Å². The number of carbonyl (C=O) groups is 1. The van der Waals surface area contributed by atoms with Crippen LogP contribution in [0.5, 0.6) is 11.5 Å². The molecule has 1 aliphatic rings. The van der Waals surface area contributed by atoms with Gasteiger partial charge in [-0.3, -0.25) is 9.79 Å². The second-order valence-corrected chi connectivity index (χ2v) is 9.84. The standard InChI is InChI=1S/C29H36N2O5/c1-18(2)36-25-15-21-22(16-24(25)35-13-12-34-7)29(3,4)28-26(27(21)32)20-9-8-19(17-30-5)14-23(20)31(28)10-11-33-6/h8-9,14-18H,10-13H2,1-7H3. The predicted molar refractivity (Wildman–Crippen MR) is 142 cm³/mol. The Labute approximate surface area is 213 Å². The third kappa shape index (κ3) is 4.53. The van der Waals surface area contributed by atoms with E-state index >= 15 is 0 Å².